The summed E-state index contributed by atoms with van der Waals surface area (Å²) in [7, 11) is 0. The van der Waals surface area contributed by atoms with Crippen LogP contribution in [0.25, 0.3) is 0 Å². The van der Waals surface area contributed by atoms with Crippen LogP contribution in [0.3, 0.4) is 0 Å². The molecular weight excluding hydrogens is 296 g/mol. The van der Waals surface area contributed by atoms with Gasteiger partial charge in [-0.1, -0.05) is 12.8 Å². The molecule has 126 valence electrons. The lowest BCUT2D eigenvalue weighted by Gasteiger charge is -2.11. The first kappa shape index (κ1) is 17.3. The van der Waals surface area contributed by atoms with Crippen molar-refractivity contribution in [1.82, 2.24) is 5.32 Å². The maximum absolute atomic E-state index is 11.8. The third-order valence-electron chi connectivity index (χ3n) is 3.65. The molecule has 0 aliphatic heterocycles. The lowest BCUT2D eigenvalue weighted by atomic mass is 10.3. The number of carbonyl (C=O) groups is 2. The molecule has 1 aromatic carbocycles. The lowest BCUT2D eigenvalue weighted by Crippen LogP contribution is -2.35. The minimum atomic E-state index is -0.275. The molecule has 2 amide bonds. The van der Waals surface area contributed by atoms with Crippen LogP contribution in [0.4, 0.5) is 5.69 Å². The molecule has 0 spiro atoms. The van der Waals surface area contributed by atoms with Gasteiger partial charge in [0.1, 0.15) is 12.4 Å². The summed E-state index contributed by atoms with van der Waals surface area (Å²) >= 11 is 0. The molecule has 23 heavy (non-hydrogen) atoms. The third kappa shape index (κ3) is 6.28. The van der Waals surface area contributed by atoms with E-state index < -0.39 is 0 Å². The van der Waals surface area contributed by atoms with E-state index in [0.29, 0.717) is 12.3 Å². The van der Waals surface area contributed by atoms with Crippen LogP contribution in [-0.2, 0) is 14.3 Å². The van der Waals surface area contributed by atoms with Crippen LogP contribution >= 0.6 is 0 Å². The molecule has 1 aliphatic carbocycles. The van der Waals surface area contributed by atoms with Crippen molar-refractivity contribution >= 4 is 17.5 Å². The van der Waals surface area contributed by atoms with Crippen LogP contribution in [0.5, 0.6) is 5.75 Å². The lowest BCUT2D eigenvalue weighted by molar-refractivity contribution is -0.129. The maximum Gasteiger partial charge on any atom is 0.246 e. The SMILES string of the molecule is CCOc1ccc(NC(=O)CNC(=O)COC2CCCC2)cc1. The van der Waals surface area contributed by atoms with E-state index in [1.54, 1.807) is 24.3 Å². The predicted octanol–water partition coefficient (Wildman–Crippen LogP) is 2.10. The van der Waals surface area contributed by atoms with Crippen molar-refractivity contribution in [3.05, 3.63) is 24.3 Å². The Bertz CT molecular complexity index is 510. The summed E-state index contributed by atoms with van der Waals surface area (Å²) in [6.45, 7) is 2.45. The average Bonchev–Trinajstić information content (AvgIpc) is 3.06. The van der Waals surface area contributed by atoms with E-state index in [1.165, 1.54) is 0 Å². The van der Waals surface area contributed by atoms with Crippen LogP contribution in [0.15, 0.2) is 24.3 Å². The Labute approximate surface area is 136 Å². The summed E-state index contributed by atoms with van der Waals surface area (Å²) < 4.78 is 10.8. The second-order valence-corrected chi connectivity index (χ2v) is 5.50. The van der Waals surface area contributed by atoms with Crippen LogP contribution in [-0.4, -0.2) is 37.7 Å². The van der Waals surface area contributed by atoms with Crippen LogP contribution in [0.2, 0.25) is 0 Å². The number of ether oxygens (including phenoxy) is 2. The zero-order valence-electron chi connectivity index (χ0n) is 13.5. The van der Waals surface area contributed by atoms with Crippen molar-refractivity contribution in [1.29, 1.82) is 0 Å². The van der Waals surface area contributed by atoms with Gasteiger partial charge in [0.15, 0.2) is 0 Å². The van der Waals surface area contributed by atoms with Crippen molar-refractivity contribution in [2.75, 3.05) is 25.1 Å². The number of rotatable bonds is 8. The summed E-state index contributed by atoms with van der Waals surface area (Å²) in [5, 5.41) is 5.27. The van der Waals surface area contributed by atoms with E-state index in [9.17, 15) is 9.59 Å². The van der Waals surface area contributed by atoms with E-state index >= 15 is 0 Å². The molecule has 0 atom stereocenters. The quantitative estimate of drug-likeness (QED) is 0.769. The molecule has 2 N–H and O–H groups in total. The smallest absolute Gasteiger partial charge is 0.246 e. The monoisotopic (exact) mass is 320 g/mol. The van der Waals surface area contributed by atoms with Gasteiger partial charge < -0.3 is 20.1 Å². The zero-order valence-corrected chi connectivity index (χ0v) is 13.5. The number of amides is 2. The molecule has 6 heteroatoms. The normalized spacial score (nSPS) is 14.5. The van der Waals surface area contributed by atoms with Crippen LogP contribution < -0.4 is 15.4 Å². The Morgan fingerprint density at radius 1 is 1.13 bits per heavy atom. The van der Waals surface area contributed by atoms with Crippen LogP contribution in [0, 0.1) is 0 Å². The second-order valence-electron chi connectivity index (χ2n) is 5.50. The molecule has 1 aromatic rings. The van der Waals surface area contributed by atoms with Gasteiger partial charge in [-0.05, 0) is 44.0 Å². The van der Waals surface area contributed by atoms with E-state index in [1.807, 2.05) is 6.92 Å². The Morgan fingerprint density at radius 2 is 1.83 bits per heavy atom. The predicted molar refractivity (Wildman–Crippen MR) is 87.5 cm³/mol. The third-order valence-corrected chi connectivity index (χ3v) is 3.65. The number of anilines is 1. The van der Waals surface area contributed by atoms with Crippen molar-refractivity contribution in [2.45, 2.75) is 38.7 Å². The van der Waals surface area contributed by atoms with Gasteiger partial charge >= 0.3 is 0 Å². The van der Waals surface area contributed by atoms with Gasteiger partial charge in [-0.2, -0.15) is 0 Å². The molecule has 6 nitrogen and oxygen atoms in total. The molecule has 0 aromatic heterocycles. The van der Waals surface area contributed by atoms with Gasteiger partial charge in [-0.15, -0.1) is 0 Å². The highest BCUT2D eigenvalue weighted by Gasteiger charge is 2.16. The van der Waals surface area contributed by atoms with E-state index in [2.05, 4.69) is 10.6 Å². The summed E-state index contributed by atoms with van der Waals surface area (Å²) in [6.07, 6.45) is 4.56. The first-order valence-electron chi connectivity index (χ1n) is 8.08. The summed E-state index contributed by atoms with van der Waals surface area (Å²) in [4.78, 5) is 23.4. The molecule has 1 aliphatic rings. The molecule has 0 radical (unpaired) electrons. The molecule has 0 bridgehead atoms. The van der Waals surface area contributed by atoms with Crippen molar-refractivity contribution < 1.29 is 19.1 Å². The maximum atomic E-state index is 11.8. The van der Waals surface area contributed by atoms with Gasteiger partial charge in [0.05, 0.1) is 19.3 Å². The fourth-order valence-corrected chi connectivity index (χ4v) is 2.48. The molecule has 0 unspecified atom stereocenters. The van der Waals surface area contributed by atoms with E-state index in [-0.39, 0.29) is 31.1 Å². The number of benzene rings is 1. The topological polar surface area (TPSA) is 76.7 Å². The largest absolute Gasteiger partial charge is 0.494 e. The van der Waals surface area contributed by atoms with Crippen molar-refractivity contribution in [2.24, 2.45) is 0 Å². The Kier molecular flexibility index (Phi) is 6.87. The number of carbonyl (C=O) groups excluding carboxylic acids is 2. The molecule has 1 saturated carbocycles. The zero-order chi connectivity index (χ0) is 16.5. The Hall–Kier alpha value is -2.08. The summed E-state index contributed by atoms with van der Waals surface area (Å²) in [5.41, 5.74) is 0.662. The number of hydrogen-bond acceptors (Lipinski definition) is 4. The van der Waals surface area contributed by atoms with Gasteiger partial charge in [-0.25, -0.2) is 0 Å². The highest BCUT2D eigenvalue weighted by molar-refractivity contribution is 5.94. The average molecular weight is 320 g/mol. The standard InChI is InChI=1S/C17H24N2O4/c1-2-22-15-9-7-13(8-10-15)19-16(20)11-18-17(21)12-23-14-5-3-4-6-14/h7-10,14H,2-6,11-12H2,1H3,(H,18,21)(H,19,20). The van der Waals surface area contributed by atoms with Gasteiger partial charge in [0.2, 0.25) is 11.8 Å². The Morgan fingerprint density at radius 3 is 2.48 bits per heavy atom. The highest BCUT2D eigenvalue weighted by Crippen LogP contribution is 2.20. The fraction of sp³-hybridized carbons (Fsp3) is 0.529. The molecular formula is C17H24N2O4. The highest BCUT2D eigenvalue weighted by atomic mass is 16.5. The fourth-order valence-electron chi connectivity index (χ4n) is 2.48. The number of nitrogens with one attached hydrogen (secondary N) is 2. The van der Waals surface area contributed by atoms with Gasteiger partial charge in [0.25, 0.3) is 0 Å². The first-order valence-corrected chi connectivity index (χ1v) is 8.08. The second kappa shape index (κ2) is 9.15. The Balaban J connectivity index is 1.64. The van der Waals surface area contributed by atoms with Gasteiger partial charge in [0, 0.05) is 5.69 Å². The molecule has 2 rings (SSSR count). The van der Waals surface area contributed by atoms with Crippen molar-refractivity contribution in [3.8, 4) is 5.75 Å². The first-order chi connectivity index (χ1) is 11.2. The molecule has 1 fully saturated rings. The van der Waals surface area contributed by atoms with E-state index in [4.69, 9.17) is 9.47 Å². The molecule has 0 saturated heterocycles. The van der Waals surface area contributed by atoms with E-state index in [0.717, 1.165) is 31.4 Å². The minimum absolute atomic E-state index is 0.0149. The van der Waals surface area contributed by atoms with Gasteiger partial charge in [-0.3, -0.25) is 9.59 Å². The van der Waals surface area contributed by atoms with Crippen LogP contribution in [0.1, 0.15) is 32.6 Å². The minimum Gasteiger partial charge on any atom is -0.494 e. The summed E-state index contributed by atoms with van der Waals surface area (Å²) in [6, 6.07) is 7.09. The molecule has 0 heterocycles. The summed E-state index contributed by atoms with van der Waals surface area (Å²) in [5.74, 6) is 0.213. The number of hydrogen-bond donors (Lipinski definition) is 2. The van der Waals surface area contributed by atoms with Crippen molar-refractivity contribution in [3.63, 3.8) is 0 Å².